The minimum absolute atomic E-state index is 0.100. The van der Waals surface area contributed by atoms with Gasteiger partial charge in [-0.25, -0.2) is 8.42 Å². The van der Waals surface area contributed by atoms with Crippen molar-refractivity contribution in [3.05, 3.63) is 82.9 Å². The molecule has 0 amide bonds. The van der Waals surface area contributed by atoms with Crippen LogP contribution in [0, 0.1) is 6.92 Å². The minimum atomic E-state index is -3.60. The third-order valence-electron chi connectivity index (χ3n) is 5.18. The highest BCUT2D eigenvalue weighted by molar-refractivity contribution is 7.89. The highest BCUT2D eigenvalue weighted by atomic mass is 32.2. The van der Waals surface area contributed by atoms with Gasteiger partial charge in [-0.1, -0.05) is 48.0 Å². The van der Waals surface area contributed by atoms with Crippen molar-refractivity contribution in [2.24, 2.45) is 0 Å². The molecule has 2 aliphatic rings. The second kappa shape index (κ2) is 6.91. The van der Waals surface area contributed by atoms with E-state index in [1.807, 2.05) is 49.4 Å². The molecule has 1 heterocycles. The molecule has 1 aliphatic heterocycles. The van der Waals surface area contributed by atoms with Crippen LogP contribution in [0.3, 0.4) is 0 Å². The topological polar surface area (TPSA) is 54.5 Å². The molecule has 0 bridgehead atoms. The lowest BCUT2D eigenvalue weighted by Gasteiger charge is -2.22. The molecule has 4 nitrogen and oxygen atoms in total. The normalized spacial score (nSPS) is 18.3. The van der Waals surface area contributed by atoms with Gasteiger partial charge in [-0.3, -0.25) is 4.79 Å². The van der Waals surface area contributed by atoms with Crippen LogP contribution < -0.4 is 0 Å². The molecule has 0 spiro atoms. The summed E-state index contributed by atoms with van der Waals surface area (Å²) in [6.45, 7) is 2.58. The first-order chi connectivity index (χ1) is 12.9. The molecule has 0 atom stereocenters. The first-order valence-electron chi connectivity index (χ1n) is 9.03. The van der Waals surface area contributed by atoms with Gasteiger partial charge in [0.15, 0.2) is 5.78 Å². The van der Waals surface area contributed by atoms with Gasteiger partial charge in [-0.2, -0.15) is 4.31 Å². The zero-order chi connectivity index (χ0) is 19.0. The lowest BCUT2D eigenvalue weighted by Crippen LogP contribution is -2.32. The molecule has 0 unspecified atom stereocenters. The molecule has 0 saturated carbocycles. The maximum atomic E-state index is 13.2. The number of hydrogen-bond acceptors (Lipinski definition) is 3. The van der Waals surface area contributed by atoms with Gasteiger partial charge < -0.3 is 0 Å². The highest BCUT2D eigenvalue weighted by Crippen LogP contribution is 2.37. The smallest absolute Gasteiger partial charge is 0.243 e. The van der Waals surface area contributed by atoms with Crippen molar-refractivity contribution in [3.63, 3.8) is 0 Å². The number of nitrogens with zero attached hydrogens (tertiary/aromatic N) is 1. The molecule has 2 aromatic carbocycles. The summed E-state index contributed by atoms with van der Waals surface area (Å²) in [4.78, 5) is 12.3. The van der Waals surface area contributed by atoms with E-state index in [9.17, 15) is 13.2 Å². The van der Waals surface area contributed by atoms with Crippen LogP contribution in [0.25, 0.3) is 5.57 Å². The Kier molecular flexibility index (Phi) is 4.58. The summed E-state index contributed by atoms with van der Waals surface area (Å²) in [5.41, 5.74) is 4.89. The molecule has 2 aromatic rings. The van der Waals surface area contributed by atoms with E-state index in [1.165, 1.54) is 4.31 Å². The molecule has 4 rings (SSSR count). The molecular formula is C22H21NO3S. The zero-order valence-corrected chi connectivity index (χ0v) is 16.0. The number of allylic oxidation sites excluding steroid dienone is 2. The number of hydrogen-bond donors (Lipinski definition) is 0. The second-order valence-corrected chi connectivity index (χ2v) is 8.98. The molecule has 1 aliphatic carbocycles. The van der Waals surface area contributed by atoms with Gasteiger partial charge in [0.2, 0.25) is 10.0 Å². The van der Waals surface area contributed by atoms with Gasteiger partial charge in [0.1, 0.15) is 0 Å². The first-order valence-corrected chi connectivity index (χ1v) is 10.5. The molecule has 138 valence electrons. The summed E-state index contributed by atoms with van der Waals surface area (Å²) >= 11 is 0. The number of sulfonamides is 1. The van der Waals surface area contributed by atoms with E-state index in [0.29, 0.717) is 24.3 Å². The van der Waals surface area contributed by atoms with E-state index < -0.39 is 10.0 Å². The van der Waals surface area contributed by atoms with Crippen LogP contribution in [-0.4, -0.2) is 31.6 Å². The van der Waals surface area contributed by atoms with Crippen molar-refractivity contribution in [3.8, 4) is 0 Å². The van der Waals surface area contributed by atoms with E-state index in [2.05, 4.69) is 0 Å². The molecule has 5 heteroatoms. The molecule has 0 aromatic heterocycles. The predicted molar refractivity (Wildman–Crippen MR) is 106 cm³/mol. The minimum Gasteiger partial charge on any atom is -0.294 e. The molecule has 0 N–H and O–H groups in total. The third kappa shape index (κ3) is 3.40. The van der Waals surface area contributed by atoms with E-state index in [-0.39, 0.29) is 12.3 Å². The Hall–Kier alpha value is -2.50. The fraction of sp³-hybridized carbons (Fsp3) is 0.227. The lowest BCUT2D eigenvalue weighted by atomic mass is 9.95. The van der Waals surface area contributed by atoms with Crippen molar-refractivity contribution < 1.29 is 13.2 Å². The van der Waals surface area contributed by atoms with Gasteiger partial charge >= 0.3 is 0 Å². The molecule has 0 fully saturated rings. The average Bonchev–Trinajstić information content (AvgIpc) is 2.93. The molecule has 0 saturated heterocycles. The monoisotopic (exact) mass is 379 g/mol. The maximum absolute atomic E-state index is 13.2. The van der Waals surface area contributed by atoms with E-state index >= 15 is 0 Å². The number of carbonyl (C=O) groups excluding carboxylic acids is 1. The Morgan fingerprint density at radius 3 is 2.33 bits per heavy atom. The van der Waals surface area contributed by atoms with Crippen LogP contribution >= 0.6 is 0 Å². The van der Waals surface area contributed by atoms with Gasteiger partial charge in [-0.15, -0.1) is 0 Å². The van der Waals surface area contributed by atoms with Crippen LogP contribution in [0.2, 0.25) is 0 Å². The Morgan fingerprint density at radius 1 is 0.926 bits per heavy atom. The second-order valence-electron chi connectivity index (χ2n) is 7.04. The number of rotatable bonds is 3. The number of fused-ring (bicyclic) bond motifs is 1. The quantitative estimate of drug-likeness (QED) is 0.816. The number of aryl methyl sites for hydroxylation is 1. The Morgan fingerprint density at radius 2 is 1.63 bits per heavy atom. The van der Waals surface area contributed by atoms with Crippen molar-refractivity contribution in [2.45, 2.75) is 24.7 Å². The van der Waals surface area contributed by atoms with Gasteiger partial charge in [0, 0.05) is 19.5 Å². The molecule has 27 heavy (non-hydrogen) atoms. The maximum Gasteiger partial charge on any atom is 0.243 e. The lowest BCUT2D eigenvalue weighted by molar-refractivity contribution is -0.113. The standard InChI is InChI=1S/C22H21NO3S/c1-16-7-9-20(10-8-16)27(25,26)23-12-11-18-13-19(24)14-21(18)22(15-23)17-5-3-2-4-6-17/h2-10,13H,11-12,14-15H2,1H3. The first kappa shape index (κ1) is 17.9. The largest absolute Gasteiger partial charge is 0.294 e. The van der Waals surface area contributed by atoms with Gasteiger partial charge in [0.25, 0.3) is 0 Å². The van der Waals surface area contributed by atoms with E-state index in [4.69, 9.17) is 0 Å². The van der Waals surface area contributed by atoms with Crippen molar-refractivity contribution >= 4 is 21.4 Å². The number of benzene rings is 2. The summed E-state index contributed by atoms with van der Waals surface area (Å²) in [7, 11) is -3.60. The van der Waals surface area contributed by atoms with Crippen LogP contribution in [0.4, 0.5) is 0 Å². The number of carbonyl (C=O) groups is 1. The fourth-order valence-corrected chi connectivity index (χ4v) is 5.12. The zero-order valence-electron chi connectivity index (χ0n) is 15.2. The Bertz CT molecular complexity index is 1050. The summed E-state index contributed by atoms with van der Waals surface area (Å²) in [5.74, 6) is 0.100. The third-order valence-corrected chi connectivity index (χ3v) is 7.04. The SMILES string of the molecule is Cc1ccc(S(=O)(=O)N2CCC3=CC(=O)CC3=C(c3ccccc3)C2)cc1. The average molecular weight is 379 g/mol. The van der Waals surface area contributed by atoms with Crippen LogP contribution in [0.5, 0.6) is 0 Å². The molecular weight excluding hydrogens is 358 g/mol. The van der Waals surface area contributed by atoms with E-state index in [0.717, 1.165) is 27.8 Å². The van der Waals surface area contributed by atoms with E-state index in [1.54, 1.807) is 18.2 Å². The van der Waals surface area contributed by atoms with Crippen molar-refractivity contribution in [2.75, 3.05) is 13.1 Å². The predicted octanol–water partition coefficient (Wildman–Crippen LogP) is 3.74. The Balaban J connectivity index is 1.77. The van der Waals surface area contributed by atoms with Gasteiger partial charge in [0.05, 0.1) is 4.90 Å². The summed E-state index contributed by atoms with van der Waals surface area (Å²) in [6, 6.07) is 16.7. The highest BCUT2D eigenvalue weighted by Gasteiger charge is 2.32. The summed E-state index contributed by atoms with van der Waals surface area (Å²) < 4.78 is 28.0. The Labute approximate surface area is 159 Å². The summed E-state index contributed by atoms with van der Waals surface area (Å²) in [6.07, 6.45) is 2.60. The van der Waals surface area contributed by atoms with Crippen molar-refractivity contribution in [1.29, 1.82) is 0 Å². The van der Waals surface area contributed by atoms with Gasteiger partial charge in [-0.05, 0) is 53.8 Å². The summed E-state index contributed by atoms with van der Waals surface area (Å²) in [5, 5.41) is 0. The number of ketones is 1. The fourth-order valence-electron chi connectivity index (χ4n) is 3.71. The van der Waals surface area contributed by atoms with Crippen molar-refractivity contribution in [1.82, 2.24) is 4.31 Å². The van der Waals surface area contributed by atoms with Crippen LogP contribution in [0.15, 0.2) is 76.7 Å². The van der Waals surface area contributed by atoms with Crippen LogP contribution in [0.1, 0.15) is 24.0 Å². The van der Waals surface area contributed by atoms with Crippen LogP contribution in [-0.2, 0) is 14.8 Å². The molecule has 0 radical (unpaired) electrons.